The van der Waals surface area contributed by atoms with Crippen molar-refractivity contribution in [3.05, 3.63) is 47.4 Å². The Labute approximate surface area is 128 Å². The van der Waals surface area contributed by atoms with Crippen LogP contribution in [0.5, 0.6) is 0 Å². The molecule has 1 aliphatic heterocycles. The summed E-state index contributed by atoms with van der Waals surface area (Å²) in [5.41, 5.74) is 1.52. The number of aromatic nitrogens is 2. The SMILES string of the molecule is O=C1CC(C(=O)Nc2cnc3n2CCCC3)c2ccccc21. The number of hydrogen-bond donors (Lipinski definition) is 1. The molecule has 1 atom stereocenters. The van der Waals surface area contributed by atoms with Crippen molar-refractivity contribution >= 4 is 17.5 Å². The monoisotopic (exact) mass is 295 g/mol. The van der Waals surface area contributed by atoms with Gasteiger partial charge < -0.3 is 9.88 Å². The number of aryl methyl sites for hydroxylation is 1. The van der Waals surface area contributed by atoms with Crippen molar-refractivity contribution in [1.29, 1.82) is 0 Å². The number of Topliss-reactive ketones (excluding diaryl/α,β-unsaturated/α-hetero) is 1. The normalized spacial score (nSPS) is 19.6. The number of rotatable bonds is 2. The van der Waals surface area contributed by atoms with Crippen molar-refractivity contribution in [3.63, 3.8) is 0 Å². The minimum absolute atomic E-state index is 0.0473. The summed E-state index contributed by atoms with van der Waals surface area (Å²) in [6.45, 7) is 0.894. The maximum atomic E-state index is 12.6. The minimum atomic E-state index is -0.390. The van der Waals surface area contributed by atoms with Crippen LogP contribution in [0.4, 0.5) is 5.82 Å². The molecule has 0 radical (unpaired) electrons. The lowest BCUT2D eigenvalue weighted by molar-refractivity contribution is -0.117. The van der Waals surface area contributed by atoms with Crippen molar-refractivity contribution in [3.8, 4) is 0 Å². The summed E-state index contributed by atoms with van der Waals surface area (Å²) in [7, 11) is 0. The molecule has 2 heterocycles. The Morgan fingerprint density at radius 2 is 2.14 bits per heavy atom. The maximum Gasteiger partial charge on any atom is 0.233 e. The summed E-state index contributed by atoms with van der Waals surface area (Å²) in [6.07, 6.45) is 5.19. The van der Waals surface area contributed by atoms with Crippen LogP contribution in [-0.2, 0) is 17.8 Å². The number of amides is 1. The van der Waals surface area contributed by atoms with Gasteiger partial charge in [0.25, 0.3) is 0 Å². The second kappa shape index (κ2) is 5.09. The van der Waals surface area contributed by atoms with Gasteiger partial charge in [-0.2, -0.15) is 0 Å². The third kappa shape index (κ3) is 2.04. The maximum absolute atomic E-state index is 12.6. The lowest BCUT2D eigenvalue weighted by Crippen LogP contribution is -2.22. The van der Waals surface area contributed by atoms with Crippen LogP contribution in [0.25, 0.3) is 0 Å². The lowest BCUT2D eigenvalue weighted by Gasteiger charge is -2.17. The largest absolute Gasteiger partial charge is 0.315 e. The molecule has 1 unspecified atom stereocenters. The van der Waals surface area contributed by atoms with Crippen LogP contribution < -0.4 is 5.32 Å². The van der Waals surface area contributed by atoms with Gasteiger partial charge in [0.15, 0.2) is 5.78 Å². The van der Waals surface area contributed by atoms with Crippen LogP contribution in [0, 0.1) is 0 Å². The Hall–Kier alpha value is -2.43. The van der Waals surface area contributed by atoms with E-state index in [0.717, 1.165) is 43.0 Å². The fourth-order valence-corrected chi connectivity index (χ4v) is 3.42. The number of imidazole rings is 1. The van der Waals surface area contributed by atoms with Crippen LogP contribution in [0.15, 0.2) is 30.5 Å². The summed E-state index contributed by atoms with van der Waals surface area (Å²) in [5.74, 6) is 1.32. The topological polar surface area (TPSA) is 64.0 Å². The average molecular weight is 295 g/mol. The van der Waals surface area contributed by atoms with Gasteiger partial charge in [0.2, 0.25) is 5.91 Å². The fourth-order valence-electron chi connectivity index (χ4n) is 3.42. The van der Waals surface area contributed by atoms with E-state index < -0.39 is 5.92 Å². The molecule has 0 bridgehead atoms. The van der Waals surface area contributed by atoms with E-state index in [1.165, 1.54) is 0 Å². The van der Waals surface area contributed by atoms with Crippen molar-refractivity contribution in [1.82, 2.24) is 9.55 Å². The molecule has 1 N–H and O–H groups in total. The molecule has 112 valence electrons. The first-order valence-corrected chi connectivity index (χ1v) is 7.71. The third-order valence-corrected chi connectivity index (χ3v) is 4.56. The highest BCUT2D eigenvalue weighted by atomic mass is 16.2. The van der Waals surface area contributed by atoms with Crippen LogP contribution >= 0.6 is 0 Å². The van der Waals surface area contributed by atoms with Crippen LogP contribution in [0.3, 0.4) is 0 Å². The van der Waals surface area contributed by atoms with Crippen molar-refractivity contribution in [2.75, 3.05) is 5.32 Å². The molecule has 2 aliphatic rings. The summed E-state index contributed by atoms with van der Waals surface area (Å²) < 4.78 is 2.07. The number of nitrogens with one attached hydrogen (secondary N) is 1. The molecule has 1 aliphatic carbocycles. The molecule has 0 spiro atoms. The van der Waals surface area contributed by atoms with E-state index in [9.17, 15) is 9.59 Å². The summed E-state index contributed by atoms with van der Waals surface area (Å²) in [5, 5.41) is 2.96. The quantitative estimate of drug-likeness (QED) is 0.926. The third-order valence-electron chi connectivity index (χ3n) is 4.56. The number of nitrogens with zero attached hydrogens (tertiary/aromatic N) is 2. The zero-order valence-electron chi connectivity index (χ0n) is 12.2. The molecule has 2 aromatic rings. The minimum Gasteiger partial charge on any atom is -0.315 e. The molecule has 0 fully saturated rings. The highest BCUT2D eigenvalue weighted by Gasteiger charge is 2.34. The van der Waals surface area contributed by atoms with E-state index >= 15 is 0 Å². The Bertz CT molecular complexity index is 763. The van der Waals surface area contributed by atoms with Crippen LogP contribution in [-0.4, -0.2) is 21.2 Å². The van der Waals surface area contributed by atoms with Crippen molar-refractivity contribution in [2.45, 2.75) is 38.1 Å². The van der Waals surface area contributed by atoms with Crippen LogP contribution in [0.2, 0.25) is 0 Å². The number of anilines is 1. The average Bonchev–Trinajstić information content (AvgIpc) is 3.10. The molecule has 1 amide bonds. The van der Waals surface area contributed by atoms with Gasteiger partial charge in [-0.05, 0) is 18.4 Å². The Kier molecular flexibility index (Phi) is 3.06. The predicted molar refractivity (Wildman–Crippen MR) is 81.9 cm³/mol. The van der Waals surface area contributed by atoms with Gasteiger partial charge in [-0.1, -0.05) is 24.3 Å². The molecule has 4 rings (SSSR count). The number of carbonyl (C=O) groups is 2. The zero-order valence-corrected chi connectivity index (χ0v) is 12.2. The first kappa shape index (κ1) is 13.2. The van der Waals surface area contributed by atoms with E-state index in [-0.39, 0.29) is 18.1 Å². The van der Waals surface area contributed by atoms with E-state index in [1.54, 1.807) is 12.3 Å². The lowest BCUT2D eigenvalue weighted by atomic mass is 10.0. The van der Waals surface area contributed by atoms with Gasteiger partial charge in [0.05, 0.1) is 12.1 Å². The second-order valence-corrected chi connectivity index (χ2v) is 5.92. The van der Waals surface area contributed by atoms with E-state index in [0.29, 0.717) is 5.56 Å². The Morgan fingerprint density at radius 3 is 3.05 bits per heavy atom. The predicted octanol–water partition coefficient (Wildman–Crippen LogP) is 2.53. The van der Waals surface area contributed by atoms with Crippen LogP contribution in [0.1, 0.15) is 46.9 Å². The molecule has 1 aromatic carbocycles. The van der Waals surface area contributed by atoms with Gasteiger partial charge in [0, 0.05) is 24.9 Å². The Morgan fingerprint density at radius 1 is 1.27 bits per heavy atom. The van der Waals surface area contributed by atoms with E-state index in [2.05, 4.69) is 14.9 Å². The molecular formula is C17H17N3O2. The van der Waals surface area contributed by atoms with E-state index in [4.69, 9.17) is 0 Å². The molecule has 0 saturated heterocycles. The molecular weight excluding hydrogens is 278 g/mol. The Balaban J connectivity index is 1.59. The molecule has 5 heteroatoms. The number of carbonyl (C=O) groups excluding carboxylic acids is 2. The van der Waals surface area contributed by atoms with Gasteiger partial charge >= 0.3 is 0 Å². The highest BCUT2D eigenvalue weighted by molar-refractivity contribution is 6.09. The van der Waals surface area contributed by atoms with Crippen molar-refractivity contribution in [2.24, 2.45) is 0 Å². The number of hydrogen-bond acceptors (Lipinski definition) is 3. The van der Waals surface area contributed by atoms with E-state index in [1.807, 2.05) is 18.2 Å². The molecule has 22 heavy (non-hydrogen) atoms. The number of ketones is 1. The first-order valence-electron chi connectivity index (χ1n) is 7.71. The van der Waals surface area contributed by atoms with Gasteiger partial charge in [-0.15, -0.1) is 0 Å². The zero-order chi connectivity index (χ0) is 15.1. The summed E-state index contributed by atoms with van der Waals surface area (Å²) >= 11 is 0. The van der Waals surface area contributed by atoms with Crippen molar-refractivity contribution < 1.29 is 9.59 Å². The molecule has 5 nitrogen and oxygen atoms in total. The summed E-state index contributed by atoms with van der Waals surface area (Å²) in [6, 6.07) is 7.38. The smallest absolute Gasteiger partial charge is 0.233 e. The van der Waals surface area contributed by atoms with Gasteiger partial charge in [-0.25, -0.2) is 4.98 Å². The standard InChI is InChI=1S/C17H17N3O2/c21-14-9-13(11-5-1-2-6-12(11)14)17(22)19-16-10-18-15-7-3-4-8-20(15)16/h1-2,5-6,10,13H,3-4,7-9H2,(H,19,22). The second-order valence-electron chi connectivity index (χ2n) is 5.92. The summed E-state index contributed by atoms with van der Waals surface area (Å²) in [4.78, 5) is 29.0. The fraction of sp³-hybridized carbons (Fsp3) is 0.353. The van der Waals surface area contributed by atoms with Gasteiger partial charge in [0.1, 0.15) is 11.6 Å². The molecule has 1 aromatic heterocycles. The number of benzene rings is 1. The van der Waals surface area contributed by atoms with Gasteiger partial charge in [-0.3, -0.25) is 9.59 Å². The highest BCUT2D eigenvalue weighted by Crippen LogP contribution is 2.34. The molecule has 0 saturated carbocycles. The number of fused-ring (bicyclic) bond motifs is 2. The first-order chi connectivity index (χ1) is 10.7.